The third-order valence-corrected chi connectivity index (χ3v) is 3.54. The van der Waals surface area contributed by atoms with Crippen molar-refractivity contribution in [3.05, 3.63) is 60.2 Å². The number of fused-ring (bicyclic) bond motifs is 1. The molecule has 0 radical (unpaired) electrons. The zero-order chi connectivity index (χ0) is 16.4. The number of hydrogen-bond acceptors (Lipinski definition) is 3. The molecular weight excluding hydrogens is 282 g/mol. The van der Waals surface area contributed by atoms with Crippen LogP contribution in [0.3, 0.4) is 0 Å². The number of benzene rings is 2. The maximum Gasteiger partial charge on any atom is 0.0991 e. The van der Waals surface area contributed by atoms with Crippen LogP contribution in [-0.2, 0) is 0 Å². The quantitative estimate of drug-likeness (QED) is 0.726. The summed E-state index contributed by atoms with van der Waals surface area (Å²) >= 11 is 0. The number of hydrogen-bond donors (Lipinski definition) is 1. The van der Waals surface area contributed by atoms with Crippen molar-refractivity contribution in [2.45, 2.75) is 26.3 Å². The lowest BCUT2D eigenvalue weighted by Gasteiger charge is -2.23. The largest absolute Gasteiger partial charge is 0.380 e. The minimum Gasteiger partial charge on any atom is -0.380 e. The molecule has 3 aromatic rings. The highest BCUT2D eigenvalue weighted by Crippen LogP contribution is 2.30. The number of pyridine rings is 1. The van der Waals surface area contributed by atoms with Gasteiger partial charge in [-0.05, 0) is 45.0 Å². The molecular formula is C20H19N3. The smallest absolute Gasteiger partial charge is 0.0991 e. The summed E-state index contributed by atoms with van der Waals surface area (Å²) in [6, 6.07) is 19.9. The fraction of sp³-hybridized carbons (Fsp3) is 0.200. The van der Waals surface area contributed by atoms with Gasteiger partial charge in [0, 0.05) is 22.2 Å². The summed E-state index contributed by atoms with van der Waals surface area (Å²) < 4.78 is 0. The zero-order valence-corrected chi connectivity index (χ0v) is 13.6. The fourth-order valence-electron chi connectivity index (χ4n) is 2.55. The van der Waals surface area contributed by atoms with Gasteiger partial charge >= 0.3 is 0 Å². The Morgan fingerprint density at radius 2 is 1.70 bits per heavy atom. The van der Waals surface area contributed by atoms with Crippen molar-refractivity contribution < 1.29 is 0 Å². The van der Waals surface area contributed by atoms with E-state index in [1.807, 2.05) is 42.5 Å². The highest BCUT2D eigenvalue weighted by atomic mass is 15.0. The van der Waals surface area contributed by atoms with E-state index in [-0.39, 0.29) is 5.54 Å². The highest BCUT2D eigenvalue weighted by molar-refractivity contribution is 5.94. The molecule has 0 saturated carbocycles. The number of rotatable bonds is 2. The molecule has 0 spiro atoms. The second kappa shape index (κ2) is 5.73. The maximum atomic E-state index is 8.94. The molecule has 3 heteroatoms. The van der Waals surface area contributed by atoms with Crippen molar-refractivity contribution in [2.24, 2.45) is 0 Å². The molecule has 0 fully saturated rings. The Balaban J connectivity index is 2.16. The number of aromatic nitrogens is 1. The molecule has 114 valence electrons. The predicted molar refractivity (Wildman–Crippen MR) is 95.3 cm³/mol. The van der Waals surface area contributed by atoms with Crippen LogP contribution in [0, 0.1) is 11.3 Å². The SMILES string of the molecule is CC(C)(C)Nc1cc(-c2ccc(C#N)cc2)nc2ccccc12. The van der Waals surface area contributed by atoms with Crippen molar-refractivity contribution in [1.82, 2.24) is 4.98 Å². The van der Waals surface area contributed by atoms with Crippen LogP contribution >= 0.6 is 0 Å². The van der Waals surface area contributed by atoms with Gasteiger partial charge in [-0.3, -0.25) is 0 Å². The minimum absolute atomic E-state index is 0.0357. The van der Waals surface area contributed by atoms with E-state index in [0.29, 0.717) is 5.56 Å². The monoisotopic (exact) mass is 301 g/mol. The minimum atomic E-state index is -0.0357. The third-order valence-electron chi connectivity index (χ3n) is 3.54. The number of para-hydroxylation sites is 1. The van der Waals surface area contributed by atoms with Crippen molar-refractivity contribution in [3.8, 4) is 17.3 Å². The van der Waals surface area contributed by atoms with Crippen molar-refractivity contribution in [1.29, 1.82) is 5.26 Å². The van der Waals surface area contributed by atoms with E-state index >= 15 is 0 Å². The summed E-state index contributed by atoms with van der Waals surface area (Å²) in [5, 5.41) is 13.6. The summed E-state index contributed by atoms with van der Waals surface area (Å²) in [5.74, 6) is 0. The molecule has 0 bridgehead atoms. The van der Waals surface area contributed by atoms with Crippen LogP contribution in [0.1, 0.15) is 26.3 Å². The maximum absolute atomic E-state index is 8.94. The van der Waals surface area contributed by atoms with Gasteiger partial charge in [-0.15, -0.1) is 0 Å². The Bertz CT molecular complexity index is 881. The van der Waals surface area contributed by atoms with E-state index in [0.717, 1.165) is 27.8 Å². The molecule has 3 nitrogen and oxygen atoms in total. The van der Waals surface area contributed by atoms with Crippen LogP contribution in [0.4, 0.5) is 5.69 Å². The summed E-state index contributed by atoms with van der Waals surface area (Å²) in [5.41, 5.74) is 4.56. The van der Waals surface area contributed by atoms with Gasteiger partial charge in [0.2, 0.25) is 0 Å². The lowest BCUT2D eigenvalue weighted by atomic mass is 10.0. The lowest BCUT2D eigenvalue weighted by molar-refractivity contribution is 0.635. The van der Waals surface area contributed by atoms with E-state index in [1.165, 1.54) is 0 Å². The Morgan fingerprint density at radius 1 is 1.00 bits per heavy atom. The van der Waals surface area contributed by atoms with Gasteiger partial charge in [0.15, 0.2) is 0 Å². The van der Waals surface area contributed by atoms with E-state index in [2.05, 4.69) is 44.3 Å². The normalized spacial score (nSPS) is 11.2. The van der Waals surface area contributed by atoms with Crippen molar-refractivity contribution in [2.75, 3.05) is 5.32 Å². The molecule has 2 aromatic carbocycles. The molecule has 0 aliphatic rings. The van der Waals surface area contributed by atoms with Gasteiger partial charge in [0.05, 0.1) is 22.8 Å². The molecule has 1 N–H and O–H groups in total. The number of nitrogens with zero attached hydrogens (tertiary/aromatic N) is 2. The van der Waals surface area contributed by atoms with Gasteiger partial charge in [-0.2, -0.15) is 5.26 Å². The molecule has 0 saturated heterocycles. The summed E-state index contributed by atoms with van der Waals surface area (Å²) in [7, 11) is 0. The average Bonchev–Trinajstić information content (AvgIpc) is 2.53. The van der Waals surface area contributed by atoms with E-state index in [1.54, 1.807) is 0 Å². The summed E-state index contributed by atoms with van der Waals surface area (Å²) in [6.07, 6.45) is 0. The molecule has 1 heterocycles. The summed E-state index contributed by atoms with van der Waals surface area (Å²) in [4.78, 5) is 4.77. The van der Waals surface area contributed by atoms with Crippen LogP contribution in [0.15, 0.2) is 54.6 Å². The molecule has 0 unspecified atom stereocenters. The van der Waals surface area contributed by atoms with Crippen LogP contribution in [0.5, 0.6) is 0 Å². The molecule has 0 amide bonds. The first-order chi connectivity index (χ1) is 11.0. The zero-order valence-electron chi connectivity index (χ0n) is 13.6. The van der Waals surface area contributed by atoms with Crippen molar-refractivity contribution in [3.63, 3.8) is 0 Å². The Hall–Kier alpha value is -2.86. The third kappa shape index (κ3) is 3.32. The van der Waals surface area contributed by atoms with Gasteiger partial charge in [0.1, 0.15) is 0 Å². The first-order valence-corrected chi connectivity index (χ1v) is 7.65. The van der Waals surface area contributed by atoms with Gasteiger partial charge in [0.25, 0.3) is 0 Å². The predicted octanol–water partition coefficient (Wildman–Crippen LogP) is 4.98. The Labute approximate surface area is 136 Å². The van der Waals surface area contributed by atoms with Crippen LogP contribution in [0.2, 0.25) is 0 Å². The van der Waals surface area contributed by atoms with Gasteiger partial charge in [-0.25, -0.2) is 4.98 Å². The molecule has 0 aliphatic carbocycles. The van der Waals surface area contributed by atoms with Crippen LogP contribution < -0.4 is 5.32 Å². The number of nitriles is 1. The average molecular weight is 301 g/mol. The fourth-order valence-corrected chi connectivity index (χ4v) is 2.55. The number of anilines is 1. The van der Waals surface area contributed by atoms with E-state index < -0.39 is 0 Å². The molecule has 1 aromatic heterocycles. The standard InChI is InChI=1S/C20H19N3/c1-20(2,3)23-19-12-18(15-10-8-14(13-21)9-11-15)22-17-7-5-4-6-16(17)19/h4-12H,1-3H3,(H,22,23). The van der Waals surface area contributed by atoms with Gasteiger partial charge < -0.3 is 5.32 Å². The van der Waals surface area contributed by atoms with Crippen LogP contribution in [-0.4, -0.2) is 10.5 Å². The first kappa shape index (κ1) is 15.1. The molecule has 23 heavy (non-hydrogen) atoms. The van der Waals surface area contributed by atoms with Crippen LogP contribution in [0.25, 0.3) is 22.2 Å². The summed E-state index contributed by atoms with van der Waals surface area (Å²) in [6.45, 7) is 6.43. The second-order valence-electron chi connectivity index (χ2n) is 6.64. The Kier molecular flexibility index (Phi) is 3.75. The van der Waals surface area contributed by atoms with Crippen molar-refractivity contribution >= 4 is 16.6 Å². The molecule has 3 rings (SSSR count). The molecule has 0 atom stereocenters. The van der Waals surface area contributed by atoms with E-state index in [4.69, 9.17) is 10.2 Å². The lowest BCUT2D eigenvalue weighted by Crippen LogP contribution is -2.26. The Morgan fingerprint density at radius 3 is 2.35 bits per heavy atom. The first-order valence-electron chi connectivity index (χ1n) is 7.65. The topological polar surface area (TPSA) is 48.7 Å². The van der Waals surface area contributed by atoms with E-state index in [9.17, 15) is 0 Å². The molecule has 0 aliphatic heterocycles. The van der Waals surface area contributed by atoms with Gasteiger partial charge in [-0.1, -0.05) is 30.3 Å². The number of nitrogens with one attached hydrogen (secondary N) is 1. The second-order valence-corrected chi connectivity index (χ2v) is 6.64. The highest BCUT2D eigenvalue weighted by Gasteiger charge is 2.13.